The van der Waals surface area contributed by atoms with Crippen LogP contribution in [-0.4, -0.2) is 18.7 Å². The van der Waals surface area contributed by atoms with Crippen LogP contribution < -0.4 is 14.9 Å². The Balaban J connectivity index is 1.43. The number of amides is 1. The van der Waals surface area contributed by atoms with Crippen LogP contribution in [0.25, 0.3) is 0 Å². The summed E-state index contributed by atoms with van der Waals surface area (Å²) in [7, 11) is 0. The van der Waals surface area contributed by atoms with Crippen LogP contribution in [0.4, 0.5) is 0 Å². The number of benzene rings is 3. The van der Waals surface area contributed by atoms with Gasteiger partial charge in [-0.2, -0.15) is 5.10 Å². The predicted molar refractivity (Wildman–Crippen MR) is 120 cm³/mol. The van der Waals surface area contributed by atoms with Gasteiger partial charge in [0.25, 0.3) is 5.91 Å². The van der Waals surface area contributed by atoms with Gasteiger partial charge >= 0.3 is 0 Å². The number of nitrogens with zero attached hydrogens (tertiary/aromatic N) is 1. The van der Waals surface area contributed by atoms with Crippen molar-refractivity contribution in [1.82, 2.24) is 5.43 Å². The highest BCUT2D eigenvalue weighted by molar-refractivity contribution is 6.35. The third kappa shape index (κ3) is 6.79. The lowest BCUT2D eigenvalue weighted by Crippen LogP contribution is -2.24. The van der Waals surface area contributed by atoms with E-state index in [0.29, 0.717) is 22.4 Å². The number of nitrogens with one attached hydrogen (secondary N) is 1. The minimum absolute atomic E-state index is 0.218. The van der Waals surface area contributed by atoms with Crippen molar-refractivity contribution in [3.63, 3.8) is 0 Å². The Hall–Kier alpha value is -3.02. The maximum absolute atomic E-state index is 11.8. The molecule has 0 heterocycles. The van der Waals surface area contributed by atoms with E-state index >= 15 is 0 Å². The molecular weight excluding hydrogens is 423 g/mol. The van der Waals surface area contributed by atoms with E-state index in [9.17, 15) is 4.79 Å². The molecule has 5 nitrogen and oxygen atoms in total. The number of ether oxygens (including phenoxy) is 2. The first-order valence-electron chi connectivity index (χ1n) is 9.18. The van der Waals surface area contributed by atoms with E-state index in [1.165, 1.54) is 11.8 Å². The molecule has 0 unspecified atom stereocenters. The lowest BCUT2D eigenvalue weighted by molar-refractivity contribution is -0.123. The smallest absolute Gasteiger partial charge is 0.277 e. The van der Waals surface area contributed by atoms with Crippen molar-refractivity contribution in [3.05, 3.63) is 93.5 Å². The summed E-state index contributed by atoms with van der Waals surface area (Å²) in [5.41, 5.74) is 5.55. The average Bonchev–Trinajstić information content (AvgIpc) is 2.74. The van der Waals surface area contributed by atoms with E-state index in [1.54, 1.807) is 18.2 Å². The predicted octanol–water partition coefficient (Wildman–Crippen LogP) is 5.41. The Bertz CT molecular complexity index is 1020. The summed E-state index contributed by atoms with van der Waals surface area (Å²) >= 11 is 11.8. The fraction of sp³-hybridized carbons (Fsp3) is 0.130. The molecule has 0 aliphatic carbocycles. The number of carbonyl (C=O) groups excluding carboxylic acids is 1. The highest BCUT2D eigenvalue weighted by atomic mass is 35.5. The van der Waals surface area contributed by atoms with E-state index in [1.807, 2.05) is 36.4 Å². The third-order valence-electron chi connectivity index (χ3n) is 4.06. The lowest BCUT2D eigenvalue weighted by atomic mass is 10.2. The number of hydrogen-bond donors (Lipinski definition) is 1. The highest BCUT2D eigenvalue weighted by Gasteiger charge is 2.05. The second kappa shape index (κ2) is 10.7. The highest BCUT2D eigenvalue weighted by Crippen LogP contribution is 2.27. The fourth-order valence-corrected chi connectivity index (χ4v) is 2.91. The van der Waals surface area contributed by atoms with Crippen molar-refractivity contribution in [2.75, 3.05) is 6.61 Å². The van der Waals surface area contributed by atoms with Crippen molar-refractivity contribution < 1.29 is 14.3 Å². The molecule has 0 radical (unpaired) electrons. The van der Waals surface area contributed by atoms with Gasteiger partial charge in [-0.1, -0.05) is 53.0 Å². The van der Waals surface area contributed by atoms with Crippen molar-refractivity contribution >= 4 is 35.3 Å². The molecule has 3 aromatic rings. The molecule has 7 heteroatoms. The number of halogens is 2. The Morgan fingerprint density at radius 1 is 1.00 bits per heavy atom. The molecule has 0 spiro atoms. The molecule has 0 aromatic heterocycles. The first-order chi connectivity index (χ1) is 14.5. The molecule has 30 heavy (non-hydrogen) atoms. The molecule has 1 amide bonds. The number of hydrogen-bond acceptors (Lipinski definition) is 4. The molecule has 0 aliphatic heterocycles. The van der Waals surface area contributed by atoms with Gasteiger partial charge in [0, 0.05) is 5.02 Å². The Labute approximate surface area is 185 Å². The zero-order valence-corrected chi connectivity index (χ0v) is 17.8. The van der Waals surface area contributed by atoms with E-state index in [-0.39, 0.29) is 6.61 Å². The number of aryl methyl sites for hydroxylation is 1. The zero-order chi connectivity index (χ0) is 21.3. The van der Waals surface area contributed by atoms with Crippen LogP contribution in [0.2, 0.25) is 10.0 Å². The molecular formula is C23H20Cl2N2O3. The first kappa shape index (κ1) is 21.7. The minimum atomic E-state index is -0.407. The zero-order valence-electron chi connectivity index (χ0n) is 16.3. The third-order valence-corrected chi connectivity index (χ3v) is 4.59. The maximum atomic E-state index is 11.8. The molecule has 0 bridgehead atoms. The van der Waals surface area contributed by atoms with Crippen LogP contribution >= 0.6 is 23.2 Å². The quantitative estimate of drug-likeness (QED) is 0.374. The van der Waals surface area contributed by atoms with Gasteiger partial charge in [-0.05, 0) is 60.5 Å². The van der Waals surface area contributed by atoms with Crippen molar-refractivity contribution in [3.8, 4) is 11.5 Å². The van der Waals surface area contributed by atoms with E-state index < -0.39 is 5.91 Å². The molecule has 3 rings (SSSR count). The van der Waals surface area contributed by atoms with E-state index in [2.05, 4.69) is 29.6 Å². The molecule has 1 N–H and O–H groups in total. The Kier molecular flexibility index (Phi) is 7.71. The Morgan fingerprint density at radius 2 is 1.73 bits per heavy atom. The van der Waals surface area contributed by atoms with Gasteiger partial charge in [-0.3, -0.25) is 4.79 Å². The van der Waals surface area contributed by atoms with Crippen molar-refractivity contribution in [1.29, 1.82) is 0 Å². The summed E-state index contributed by atoms with van der Waals surface area (Å²) in [6.07, 6.45) is 1.54. The standard InChI is InChI=1S/C23H20Cl2N2O3/c1-16-2-4-18(5-3-16)14-29-20-9-6-17(7-10-20)13-26-27-23(28)15-30-22-11-8-19(24)12-21(22)25/h2-13H,14-15H2,1H3,(H,27,28)/b26-13+. The maximum Gasteiger partial charge on any atom is 0.277 e. The van der Waals surface area contributed by atoms with Gasteiger partial charge in [0.1, 0.15) is 18.1 Å². The normalized spacial score (nSPS) is 10.8. The van der Waals surface area contributed by atoms with Crippen LogP contribution in [0, 0.1) is 6.92 Å². The second-order valence-corrected chi connectivity index (χ2v) is 7.34. The monoisotopic (exact) mass is 442 g/mol. The van der Waals surface area contributed by atoms with E-state index in [0.717, 1.165) is 16.9 Å². The molecule has 0 saturated carbocycles. The summed E-state index contributed by atoms with van der Waals surface area (Å²) in [6, 6.07) is 20.4. The lowest BCUT2D eigenvalue weighted by Gasteiger charge is -2.07. The fourth-order valence-electron chi connectivity index (χ4n) is 2.45. The van der Waals surface area contributed by atoms with Crippen LogP contribution in [0.3, 0.4) is 0 Å². The van der Waals surface area contributed by atoms with Crippen LogP contribution in [-0.2, 0) is 11.4 Å². The molecule has 154 valence electrons. The largest absolute Gasteiger partial charge is 0.489 e. The average molecular weight is 443 g/mol. The van der Waals surface area contributed by atoms with Gasteiger partial charge < -0.3 is 9.47 Å². The molecule has 3 aromatic carbocycles. The Morgan fingerprint density at radius 3 is 2.43 bits per heavy atom. The first-order valence-corrected chi connectivity index (χ1v) is 9.93. The molecule has 0 atom stereocenters. The number of rotatable bonds is 8. The summed E-state index contributed by atoms with van der Waals surface area (Å²) in [5, 5.41) is 4.75. The summed E-state index contributed by atoms with van der Waals surface area (Å²) in [4.78, 5) is 11.8. The van der Waals surface area contributed by atoms with Crippen molar-refractivity contribution in [2.45, 2.75) is 13.5 Å². The molecule has 0 fully saturated rings. The van der Waals surface area contributed by atoms with Crippen molar-refractivity contribution in [2.24, 2.45) is 5.10 Å². The summed E-state index contributed by atoms with van der Waals surface area (Å²) in [6.45, 7) is 2.33. The summed E-state index contributed by atoms with van der Waals surface area (Å²) < 4.78 is 11.1. The van der Waals surface area contributed by atoms with Crippen LogP contribution in [0.15, 0.2) is 71.8 Å². The molecule has 0 aliphatic rings. The van der Waals surface area contributed by atoms with Gasteiger partial charge in [0.15, 0.2) is 6.61 Å². The van der Waals surface area contributed by atoms with Gasteiger partial charge in [-0.25, -0.2) is 5.43 Å². The second-order valence-electron chi connectivity index (χ2n) is 6.50. The number of hydrazone groups is 1. The van der Waals surface area contributed by atoms with Gasteiger partial charge in [0.05, 0.1) is 11.2 Å². The SMILES string of the molecule is Cc1ccc(COc2ccc(/C=N/NC(=O)COc3ccc(Cl)cc3Cl)cc2)cc1. The summed E-state index contributed by atoms with van der Waals surface area (Å²) in [5.74, 6) is 0.724. The topological polar surface area (TPSA) is 59.9 Å². The molecule has 0 saturated heterocycles. The van der Waals surface area contributed by atoms with Crippen LogP contribution in [0.5, 0.6) is 11.5 Å². The van der Waals surface area contributed by atoms with Gasteiger partial charge in [0.2, 0.25) is 0 Å². The minimum Gasteiger partial charge on any atom is -0.489 e. The number of carbonyl (C=O) groups is 1. The van der Waals surface area contributed by atoms with Gasteiger partial charge in [-0.15, -0.1) is 0 Å². The van der Waals surface area contributed by atoms with E-state index in [4.69, 9.17) is 32.7 Å². The van der Waals surface area contributed by atoms with Crippen LogP contribution in [0.1, 0.15) is 16.7 Å².